The summed E-state index contributed by atoms with van der Waals surface area (Å²) in [5.41, 5.74) is 0. The van der Waals surface area contributed by atoms with Crippen molar-refractivity contribution in [3.8, 4) is 12.3 Å². The maximum Gasteiger partial charge on any atom is 0.317 e. The van der Waals surface area contributed by atoms with Gasteiger partial charge in [-0.2, -0.15) is 4.98 Å². The van der Waals surface area contributed by atoms with Crippen molar-refractivity contribution in [3.63, 3.8) is 0 Å². The van der Waals surface area contributed by atoms with Crippen molar-refractivity contribution in [2.75, 3.05) is 13.1 Å². The summed E-state index contributed by atoms with van der Waals surface area (Å²) in [6, 6.07) is 0. The second kappa shape index (κ2) is 6.66. The molecule has 1 aromatic rings. The molecule has 0 saturated heterocycles. The van der Waals surface area contributed by atoms with Crippen LogP contribution in [0.25, 0.3) is 0 Å². The molecule has 17 heavy (non-hydrogen) atoms. The normalized spacial score (nSPS) is 10.4. The molecule has 1 N–H and O–H groups in total. The van der Waals surface area contributed by atoms with Gasteiger partial charge in [-0.1, -0.05) is 18.0 Å². The van der Waals surface area contributed by atoms with E-state index in [1.54, 1.807) is 4.90 Å². The first-order chi connectivity index (χ1) is 8.15. The van der Waals surface area contributed by atoms with Crippen molar-refractivity contribution in [3.05, 3.63) is 11.7 Å². The number of carboxylic acid groups (broad SMARTS) is 1. The molecule has 0 fully saturated rings. The maximum absolute atomic E-state index is 10.6. The lowest BCUT2D eigenvalue weighted by Gasteiger charge is -2.14. The van der Waals surface area contributed by atoms with Gasteiger partial charge in [-0.05, 0) is 6.42 Å². The number of nitrogens with zero attached hydrogens (tertiary/aromatic N) is 3. The van der Waals surface area contributed by atoms with Crippen LogP contribution in [0.5, 0.6) is 0 Å². The SMILES string of the molecule is C#CCN(CC(=O)O)Cc1noc(CCC)n1. The maximum atomic E-state index is 10.6. The number of aryl methyl sites for hydroxylation is 1. The molecule has 0 unspecified atom stereocenters. The minimum absolute atomic E-state index is 0.137. The first-order valence-corrected chi connectivity index (χ1v) is 5.34. The summed E-state index contributed by atoms with van der Waals surface area (Å²) in [7, 11) is 0. The Morgan fingerprint density at radius 1 is 1.65 bits per heavy atom. The molecular formula is C11H15N3O3. The number of rotatable bonds is 7. The third-order valence-electron chi connectivity index (χ3n) is 2.01. The summed E-state index contributed by atoms with van der Waals surface area (Å²) >= 11 is 0. The highest BCUT2D eigenvalue weighted by Crippen LogP contribution is 2.03. The summed E-state index contributed by atoms with van der Waals surface area (Å²) in [6.07, 6.45) is 6.81. The Balaban J connectivity index is 2.58. The molecule has 92 valence electrons. The molecule has 0 atom stereocenters. The molecule has 1 aromatic heterocycles. The van der Waals surface area contributed by atoms with Crippen LogP contribution in [-0.2, 0) is 17.8 Å². The van der Waals surface area contributed by atoms with Crippen LogP contribution in [0.1, 0.15) is 25.1 Å². The van der Waals surface area contributed by atoms with E-state index >= 15 is 0 Å². The van der Waals surface area contributed by atoms with Crippen molar-refractivity contribution >= 4 is 5.97 Å². The summed E-state index contributed by atoms with van der Waals surface area (Å²) in [5, 5.41) is 12.5. The van der Waals surface area contributed by atoms with Gasteiger partial charge in [0.1, 0.15) is 0 Å². The Bertz CT molecular complexity index is 408. The number of carbonyl (C=O) groups is 1. The van der Waals surface area contributed by atoms with E-state index in [0.29, 0.717) is 11.7 Å². The number of hydrogen-bond acceptors (Lipinski definition) is 5. The molecule has 0 aromatic carbocycles. The molecule has 0 amide bonds. The second-order valence-electron chi connectivity index (χ2n) is 3.60. The van der Waals surface area contributed by atoms with Gasteiger partial charge in [0, 0.05) is 6.42 Å². The lowest BCUT2D eigenvalue weighted by atomic mass is 10.3. The molecule has 6 heteroatoms. The van der Waals surface area contributed by atoms with Gasteiger partial charge in [0.25, 0.3) is 0 Å². The van der Waals surface area contributed by atoms with E-state index in [1.807, 2.05) is 6.92 Å². The Labute approximate surface area is 99.6 Å². The van der Waals surface area contributed by atoms with E-state index in [0.717, 1.165) is 12.8 Å². The van der Waals surface area contributed by atoms with E-state index in [4.69, 9.17) is 16.1 Å². The number of carboxylic acids is 1. The van der Waals surface area contributed by atoms with Crippen molar-refractivity contribution in [1.29, 1.82) is 0 Å². The van der Waals surface area contributed by atoms with Gasteiger partial charge in [-0.15, -0.1) is 6.42 Å². The molecule has 0 saturated carbocycles. The highest BCUT2D eigenvalue weighted by molar-refractivity contribution is 5.69. The van der Waals surface area contributed by atoms with Gasteiger partial charge in [-0.3, -0.25) is 9.69 Å². The summed E-state index contributed by atoms with van der Waals surface area (Å²) in [5.74, 6) is 2.50. The fourth-order valence-corrected chi connectivity index (χ4v) is 1.36. The number of aliphatic carboxylic acids is 1. The van der Waals surface area contributed by atoms with Gasteiger partial charge in [0.05, 0.1) is 19.6 Å². The van der Waals surface area contributed by atoms with Gasteiger partial charge >= 0.3 is 5.97 Å². The number of hydrogen-bond donors (Lipinski definition) is 1. The van der Waals surface area contributed by atoms with E-state index in [2.05, 4.69) is 16.1 Å². The molecule has 1 rings (SSSR count). The molecule has 0 radical (unpaired) electrons. The zero-order valence-corrected chi connectivity index (χ0v) is 9.72. The fourth-order valence-electron chi connectivity index (χ4n) is 1.36. The van der Waals surface area contributed by atoms with Gasteiger partial charge in [0.2, 0.25) is 5.89 Å². The van der Waals surface area contributed by atoms with Crippen LogP contribution < -0.4 is 0 Å². The van der Waals surface area contributed by atoms with Crippen molar-refractivity contribution < 1.29 is 14.4 Å². The van der Waals surface area contributed by atoms with Gasteiger partial charge in [-0.25, -0.2) is 0 Å². The molecule has 0 bridgehead atoms. The number of aromatic nitrogens is 2. The van der Waals surface area contributed by atoms with E-state index < -0.39 is 5.97 Å². The monoisotopic (exact) mass is 237 g/mol. The highest BCUT2D eigenvalue weighted by atomic mass is 16.5. The summed E-state index contributed by atoms with van der Waals surface area (Å²) in [6.45, 7) is 2.40. The van der Waals surface area contributed by atoms with Gasteiger partial charge < -0.3 is 9.63 Å². The molecule has 0 spiro atoms. The molecule has 6 nitrogen and oxygen atoms in total. The second-order valence-corrected chi connectivity index (χ2v) is 3.60. The third-order valence-corrected chi connectivity index (χ3v) is 2.01. The zero-order valence-electron chi connectivity index (χ0n) is 9.72. The van der Waals surface area contributed by atoms with E-state index in [-0.39, 0.29) is 19.6 Å². The van der Waals surface area contributed by atoms with Crippen LogP contribution in [0.2, 0.25) is 0 Å². The van der Waals surface area contributed by atoms with E-state index in [1.165, 1.54) is 0 Å². The molecule has 0 aliphatic heterocycles. The minimum atomic E-state index is -0.933. The molecular weight excluding hydrogens is 222 g/mol. The van der Waals surface area contributed by atoms with E-state index in [9.17, 15) is 4.79 Å². The summed E-state index contributed by atoms with van der Waals surface area (Å²) < 4.78 is 5.00. The Hall–Kier alpha value is -1.87. The predicted molar refractivity (Wildman–Crippen MR) is 60.0 cm³/mol. The van der Waals surface area contributed by atoms with Crippen LogP contribution in [0.3, 0.4) is 0 Å². The van der Waals surface area contributed by atoms with Crippen LogP contribution >= 0.6 is 0 Å². The fraction of sp³-hybridized carbons (Fsp3) is 0.545. The van der Waals surface area contributed by atoms with Crippen LogP contribution in [0.15, 0.2) is 4.52 Å². The average molecular weight is 237 g/mol. The Morgan fingerprint density at radius 3 is 3.00 bits per heavy atom. The lowest BCUT2D eigenvalue weighted by Crippen LogP contribution is -2.30. The standard InChI is InChI=1S/C11H15N3O3/c1-3-5-10-12-9(13-17-10)7-14(6-4-2)8-11(15)16/h2H,3,5-8H2,1H3,(H,15,16). The quantitative estimate of drug-likeness (QED) is 0.697. The zero-order chi connectivity index (χ0) is 12.7. The van der Waals surface area contributed by atoms with Crippen LogP contribution in [0.4, 0.5) is 0 Å². The average Bonchev–Trinajstić information content (AvgIpc) is 2.65. The third kappa shape index (κ3) is 4.66. The minimum Gasteiger partial charge on any atom is -0.480 e. The first kappa shape index (κ1) is 13.2. The van der Waals surface area contributed by atoms with Crippen molar-refractivity contribution in [2.45, 2.75) is 26.3 Å². The smallest absolute Gasteiger partial charge is 0.317 e. The van der Waals surface area contributed by atoms with Gasteiger partial charge in [0.15, 0.2) is 5.82 Å². The molecule has 1 heterocycles. The molecule has 0 aliphatic carbocycles. The van der Waals surface area contributed by atoms with Crippen LogP contribution in [-0.4, -0.2) is 39.2 Å². The topological polar surface area (TPSA) is 79.5 Å². The largest absolute Gasteiger partial charge is 0.480 e. The number of terminal acetylenes is 1. The Kier molecular flexibility index (Phi) is 5.17. The van der Waals surface area contributed by atoms with Crippen LogP contribution in [0, 0.1) is 12.3 Å². The lowest BCUT2D eigenvalue weighted by molar-refractivity contribution is -0.138. The highest BCUT2D eigenvalue weighted by Gasteiger charge is 2.13. The summed E-state index contributed by atoms with van der Waals surface area (Å²) in [4.78, 5) is 16.3. The Morgan fingerprint density at radius 2 is 2.41 bits per heavy atom. The first-order valence-electron chi connectivity index (χ1n) is 5.34. The van der Waals surface area contributed by atoms with Crippen molar-refractivity contribution in [2.24, 2.45) is 0 Å². The predicted octanol–water partition coefficient (Wildman–Crippen LogP) is 0.542. The molecule has 0 aliphatic rings. The van der Waals surface area contributed by atoms with Crippen molar-refractivity contribution in [1.82, 2.24) is 15.0 Å².